The van der Waals surface area contributed by atoms with Crippen molar-refractivity contribution in [2.75, 3.05) is 28.2 Å². The van der Waals surface area contributed by atoms with E-state index in [1.54, 1.807) is 34.3 Å². The summed E-state index contributed by atoms with van der Waals surface area (Å²) in [5.74, 6) is -0.151. The van der Waals surface area contributed by atoms with Gasteiger partial charge in [-0.2, -0.15) is 0 Å². The van der Waals surface area contributed by atoms with Crippen molar-refractivity contribution in [3.8, 4) is 5.75 Å². The van der Waals surface area contributed by atoms with Crippen LogP contribution in [0.2, 0.25) is 0 Å². The van der Waals surface area contributed by atoms with E-state index in [-0.39, 0.29) is 29.2 Å². The van der Waals surface area contributed by atoms with Gasteiger partial charge in [0.15, 0.2) is 0 Å². The second-order valence-electron chi connectivity index (χ2n) is 5.25. The standard InChI is InChI=1S/C14H19N3O3/c1-16(2)13(18)11-10(20-9-5-6-9)7-8-15-12(11)14(19)17(3)4/h7-9H,5-6H2,1-4H3. The molecular formula is C14H19N3O3. The van der Waals surface area contributed by atoms with E-state index in [2.05, 4.69) is 4.98 Å². The summed E-state index contributed by atoms with van der Waals surface area (Å²) in [5.41, 5.74) is 0.370. The van der Waals surface area contributed by atoms with E-state index >= 15 is 0 Å². The number of carbonyl (C=O) groups excluding carboxylic acids is 2. The van der Waals surface area contributed by atoms with E-state index in [9.17, 15) is 9.59 Å². The Balaban J connectivity index is 2.49. The van der Waals surface area contributed by atoms with E-state index in [0.29, 0.717) is 5.75 Å². The van der Waals surface area contributed by atoms with Gasteiger partial charge in [-0.15, -0.1) is 0 Å². The summed E-state index contributed by atoms with van der Waals surface area (Å²) < 4.78 is 5.74. The van der Waals surface area contributed by atoms with Crippen LogP contribution in [0.1, 0.15) is 33.7 Å². The molecule has 6 nitrogen and oxygen atoms in total. The second kappa shape index (κ2) is 5.48. The van der Waals surface area contributed by atoms with Crippen LogP contribution in [0.4, 0.5) is 0 Å². The van der Waals surface area contributed by atoms with E-state index in [1.807, 2.05) is 0 Å². The van der Waals surface area contributed by atoms with E-state index < -0.39 is 0 Å². The Kier molecular flexibility index (Phi) is 3.92. The van der Waals surface area contributed by atoms with Crippen LogP contribution >= 0.6 is 0 Å². The zero-order valence-electron chi connectivity index (χ0n) is 12.2. The van der Waals surface area contributed by atoms with Crippen LogP contribution in [0.15, 0.2) is 12.3 Å². The number of hydrogen-bond acceptors (Lipinski definition) is 4. The van der Waals surface area contributed by atoms with Crippen molar-refractivity contribution >= 4 is 11.8 Å². The Morgan fingerprint density at radius 2 is 1.75 bits per heavy atom. The molecule has 0 N–H and O–H groups in total. The van der Waals surface area contributed by atoms with Crippen LogP contribution in [-0.2, 0) is 0 Å². The lowest BCUT2D eigenvalue weighted by Crippen LogP contribution is -2.30. The third-order valence-corrected chi connectivity index (χ3v) is 2.96. The van der Waals surface area contributed by atoms with Crippen LogP contribution < -0.4 is 4.74 Å². The topological polar surface area (TPSA) is 62.7 Å². The van der Waals surface area contributed by atoms with Crippen molar-refractivity contribution in [2.24, 2.45) is 0 Å². The summed E-state index contributed by atoms with van der Waals surface area (Å²) in [5, 5.41) is 0. The number of amides is 2. The van der Waals surface area contributed by atoms with Crippen molar-refractivity contribution in [1.82, 2.24) is 14.8 Å². The minimum absolute atomic E-state index is 0.131. The maximum atomic E-state index is 12.4. The van der Waals surface area contributed by atoms with Gasteiger partial charge in [-0.05, 0) is 18.9 Å². The van der Waals surface area contributed by atoms with Crippen LogP contribution in [0.5, 0.6) is 5.75 Å². The van der Waals surface area contributed by atoms with Crippen LogP contribution in [0.3, 0.4) is 0 Å². The van der Waals surface area contributed by atoms with Gasteiger partial charge in [0.05, 0.1) is 6.10 Å². The van der Waals surface area contributed by atoms with Gasteiger partial charge in [-0.3, -0.25) is 9.59 Å². The molecule has 0 bridgehead atoms. The molecule has 1 aliphatic rings. The van der Waals surface area contributed by atoms with Crippen molar-refractivity contribution < 1.29 is 14.3 Å². The highest BCUT2D eigenvalue weighted by molar-refractivity contribution is 6.07. The monoisotopic (exact) mass is 277 g/mol. The van der Waals surface area contributed by atoms with Crippen LogP contribution in [0.25, 0.3) is 0 Å². The number of ether oxygens (including phenoxy) is 1. The van der Waals surface area contributed by atoms with Gasteiger partial charge in [-0.1, -0.05) is 0 Å². The first kappa shape index (κ1) is 14.3. The summed E-state index contributed by atoms with van der Waals surface area (Å²) in [6.45, 7) is 0. The third kappa shape index (κ3) is 2.89. The number of aromatic nitrogens is 1. The van der Waals surface area contributed by atoms with Gasteiger partial charge < -0.3 is 14.5 Å². The zero-order valence-corrected chi connectivity index (χ0v) is 12.2. The van der Waals surface area contributed by atoms with Crippen LogP contribution in [0, 0.1) is 0 Å². The van der Waals surface area contributed by atoms with E-state index in [4.69, 9.17) is 4.74 Å². The highest BCUT2D eigenvalue weighted by Gasteiger charge is 2.30. The molecule has 1 aromatic rings. The molecule has 1 aliphatic carbocycles. The summed E-state index contributed by atoms with van der Waals surface area (Å²) in [4.78, 5) is 31.4. The fourth-order valence-electron chi connectivity index (χ4n) is 1.71. The summed E-state index contributed by atoms with van der Waals surface area (Å²) in [7, 11) is 6.53. The average Bonchev–Trinajstić information content (AvgIpc) is 3.20. The maximum Gasteiger partial charge on any atom is 0.272 e. The zero-order chi connectivity index (χ0) is 14.9. The Morgan fingerprint density at radius 3 is 2.25 bits per heavy atom. The van der Waals surface area contributed by atoms with Gasteiger partial charge in [0.1, 0.15) is 17.0 Å². The molecule has 1 aromatic heterocycles. The minimum Gasteiger partial charge on any atom is -0.489 e. The predicted molar refractivity (Wildman–Crippen MR) is 73.9 cm³/mol. The maximum absolute atomic E-state index is 12.4. The summed E-state index contributed by atoms with van der Waals surface area (Å²) >= 11 is 0. The smallest absolute Gasteiger partial charge is 0.272 e. The molecule has 0 saturated heterocycles. The molecule has 2 amide bonds. The van der Waals surface area contributed by atoms with Gasteiger partial charge in [0, 0.05) is 34.4 Å². The largest absolute Gasteiger partial charge is 0.489 e. The first-order valence-corrected chi connectivity index (χ1v) is 6.50. The predicted octanol–water partition coefficient (Wildman–Crippen LogP) is 1.03. The highest BCUT2D eigenvalue weighted by Crippen LogP contribution is 2.30. The molecular weight excluding hydrogens is 258 g/mol. The van der Waals surface area contributed by atoms with Gasteiger partial charge in [0.25, 0.3) is 11.8 Å². The average molecular weight is 277 g/mol. The molecule has 1 fully saturated rings. The number of carbonyl (C=O) groups is 2. The molecule has 0 unspecified atom stereocenters. The SMILES string of the molecule is CN(C)C(=O)c1nccc(OC2CC2)c1C(=O)N(C)C. The minimum atomic E-state index is -0.309. The molecule has 108 valence electrons. The molecule has 0 atom stereocenters. The quantitative estimate of drug-likeness (QED) is 0.824. The highest BCUT2D eigenvalue weighted by atomic mass is 16.5. The number of pyridine rings is 1. The van der Waals surface area contributed by atoms with Crippen molar-refractivity contribution in [1.29, 1.82) is 0 Å². The molecule has 20 heavy (non-hydrogen) atoms. The Hall–Kier alpha value is -2.11. The molecule has 1 heterocycles. The molecule has 0 aromatic carbocycles. The van der Waals surface area contributed by atoms with Gasteiger partial charge >= 0.3 is 0 Å². The molecule has 0 spiro atoms. The van der Waals surface area contributed by atoms with Crippen molar-refractivity contribution in [3.05, 3.63) is 23.5 Å². The van der Waals surface area contributed by atoms with Crippen molar-refractivity contribution in [2.45, 2.75) is 18.9 Å². The lowest BCUT2D eigenvalue weighted by molar-refractivity contribution is 0.0781. The Bertz CT molecular complexity index is 536. The summed E-state index contributed by atoms with van der Waals surface area (Å²) in [6, 6.07) is 1.64. The first-order chi connectivity index (χ1) is 9.41. The molecule has 2 rings (SSSR count). The second-order valence-corrected chi connectivity index (χ2v) is 5.25. The summed E-state index contributed by atoms with van der Waals surface area (Å²) in [6.07, 6.45) is 3.61. The first-order valence-electron chi connectivity index (χ1n) is 6.50. The Labute approximate surface area is 118 Å². The van der Waals surface area contributed by atoms with Crippen LogP contribution in [-0.4, -0.2) is 60.9 Å². The van der Waals surface area contributed by atoms with E-state index in [0.717, 1.165) is 12.8 Å². The lowest BCUT2D eigenvalue weighted by atomic mass is 10.1. The molecule has 0 aliphatic heterocycles. The molecule has 6 heteroatoms. The molecule has 1 saturated carbocycles. The van der Waals surface area contributed by atoms with Crippen molar-refractivity contribution in [3.63, 3.8) is 0 Å². The molecule has 0 radical (unpaired) electrons. The fourth-order valence-corrected chi connectivity index (χ4v) is 1.71. The van der Waals surface area contributed by atoms with Gasteiger partial charge in [-0.25, -0.2) is 4.98 Å². The third-order valence-electron chi connectivity index (χ3n) is 2.96. The van der Waals surface area contributed by atoms with Gasteiger partial charge in [0.2, 0.25) is 0 Å². The fraction of sp³-hybridized carbons (Fsp3) is 0.500. The normalized spacial score (nSPS) is 13.8. The lowest BCUT2D eigenvalue weighted by Gasteiger charge is -2.18. The number of nitrogens with zero attached hydrogens (tertiary/aromatic N) is 3. The number of hydrogen-bond donors (Lipinski definition) is 0. The van der Waals surface area contributed by atoms with E-state index in [1.165, 1.54) is 16.0 Å². The Morgan fingerprint density at radius 1 is 1.15 bits per heavy atom. The number of rotatable bonds is 4.